The lowest BCUT2D eigenvalue weighted by atomic mass is 9.99. The average Bonchev–Trinajstić information content (AvgIpc) is 3.08. The molecule has 0 heterocycles. The summed E-state index contributed by atoms with van der Waals surface area (Å²) in [6.45, 7) is 4.72. The Morgan fingerprint density at radius 3 is 2.35 bits per heavy atom. The summed E-state index contributed by atoms with van der Waals surface area (Å²) in [4.78, 5) is 14.6. The first-order valence-corrected chi connectivity index (χ1v) is 8.25. The van der Waals surface area contributed by atoms with Crippen molar-refractivity contribution in [3.8, 4) is 0 Å². The van der Waals surface area contributed by atoms with Gasteiger partial charge in [-0.25, -0.2) is 0 Å². The highest BCUT2D eigenvalue weighted by atomic mass is 16.3. The molecule has 0 saturated heterocycles. The van der Waals surface area contributed by atoms with Gasteiger partial charge in [0.25, 0.3) is 0 Å². The molecule has 0 radical (unpaired) electrons. The topological polar surface area (TPSA) is 52.6 Å². The van der Waals surface area contributed by atoms with Crippen LogP contribution in [0.1, 0.15) is 65.2 Å². The third kappa shape index (κ3) is 3.53. The molecule has 0 aromatic carbocycles. The van der Waals surface area contributed by atoms with Crippen LogP contribution in [0.4, 0.5) is 0 Å². The van der Waals surface area contributed by atoms with E-state index in [1.54, 1.807) is 0 Å². The number of carbonyl (C=O) groups is 1. The summed E-state index contributed by atoms with van der Waals surface area (Å²) in [6.07, 6.45) is 9.06. The minimum atomic E-state index is -0.200. The number of rotatable bonds is 6. The molecule has 0 spiro atoms. The first-order valence-electron chi connectivity index (χ1n) is 8.25. The molecule has 4 nitrogen and oxygen atoms in total. The molecule has 0 aromatic heterocycles. The van der Waals surface area contributed by atoms with E-state index in [-0.39, 0.29) is 24.1 Å². The van der Waals surface area contributed by atoms with Crippen molar-refractivity contribution in [3.63, 3.8) is 0 Å². The number of hydrogen-bond acceptors (Lipinski definition) is 3. The van der Waals surface area contributed by atoms with Gasteiger partial charge in [0.15, 0.2) is 0 Å². The lowest BCUT2D eigenvalue weighted by Gasteiger charge is -2.35. The summed E-state index contributed by atoms with van der Waals surface area (Å²) in [6, 6.07) is 0.694. The second-order valence-electron chi connectivity index (χ2n) is 6.83. The molecule has 20 heavy (non-hydrogen) atoms. The minimum Gasteiger partial charge on any atom is -0.394 e. The van der Waals surface area contributed by atoms with Crippen LogP contribution in [0.25, 0.3) is 0 Å². The Hall–Kier alpha value is -0.610. The Morgan fingerprint density at radius 1 is 1.25 bits per heavy atom. The molecule has 0 aliphatic heterocycles. The average molecular weight is 282 g/mol. The van der Waals surface area contributed by atoms with E-state index in [0.29, 0.717) is 12.6 Å². The van der Waals surface area contributed by atoms with Gasteiger partial charge in [-0.2, -0.15) is 0 Å². The third-order valence-electron chi connectivity index (χ3n) is 5.04. The molecule has 4 heteroatoms. The van der Waals surface area contributed by atoms with Gasteiger partial charge in [0.05, 0.1) is 13.2 Å². The highest BCUT2D eigenvalue weighted by molar-refractivity contribution is 5.79. The Balaban J connectivity index is 1.91. The number of amides is 1. The van der Waals surface area contributed by atoms with Crippen LogP contribution in [0.5, 0.6) is 0 Å². The fourth-order valence-corrected chi connectivity index (χ4v) is 3.89. The van der Waals surface area contributed by atoms with E-state index in [4.69, 9.17) is 0 Å². The molecule has 2 aliphatic rings. The molecule has 0 unspecified atom stereocenters. The second kappa shape index (κ2) is 6.90. The molecule has 2 rings (SSSR count). The number of nitrogens with zero attached hydrogens (tertiary/aromatic N) is 1. The van der Waals surface area contributed by atoms with Crippen LogP contribution >= 0.6 is 0 Å². The first kappa shape index (κ1) is 15.8. The van der Waals surface area contributed by atoms with Crippen molar-refractivity contribution in [2.24, 2.45) is 0 Å². The van der Waals surface area contributed by atoms with Gasteiger partial charge < -0.3 is 15.3 Å². The molecule has 2 saturated carbocycles. The van der Waals surface area contributed by atoms with Crippen molar-refractivity contribution in [3.05, 3.63) is 0 Å². The molecular weight excluding hydrogens is 252 g/mol. The molecule has 0 atom stereocenters. The number of aliphatic hydroxyl groups is 1. The van der Waals surface area contributed by atoms with Crippen molar-refractivity contribution in [2.45, 2.75) is 82.8 Å². The van der Waals surface area contributed by atoms with Crippen LogP contribution < -0.4 is 5.32 Å². The van der Waals surface area contributed by atoms with E-state index in [2.05, 4.69) is 24.1 Å². The smallest absolute Gasteiger partial charge is 0.237 e. The van der Waals surface area contributed by atoms with Gasteiger partial charge in [0.2, 0.25) is 5.91 Å². The van der Waals surface area contributed by atoms with E-state index in [9.17, 15) is 9.90 Å². The molecular formula is C16H30N2O2. The van der Waals surface area contributed by atoms with Gasteiger partial charge >= 0.3 is 0 Å². The van der Waals surface area contributed by atoms with E-state index in [0.717, 1.165) is 38.5 Å². The summed E-state index contributed by atoms with van der Waals surface area (Å²) < 4.78 is 0. The maximum atomic E-state index is 12.6. The summed E-state index contributed by atoms with van der Waals surface area (Å²) in [5.41, 5.74) is -0.200. The van der Waals surface area contributed by atoms with E-state index in [1.165, 1.54) is 12.8 Å². The zero-order valence-electron chi connectivity index (χ0n) is 13.0. The molecule has 2 aliphatic carbocycles. The van der Waals surface area contributed by atoms with Gasteiger partial charge in [-0.05, 0) is 39.5 Å². The first-order chi connectivity index (χ1) is 9.58. The Bertz CT molecular complexity index is 318. The highest BCUT2D eigenvalue weighted by Crippen LogP contribution is 2.29. The van der Waals surface area contributed by atoms with E-state index >= 15 is 0 Å². The predicted octanol–water partition coefficient (Wildman–Crippen LogP) is 2.06. The minimum absolute atomic E-state index is 0.144. The van der Waals surface area contributed by atoms with Gasteiger partial charge in [0.1, 0.15) is 0 Å². The molecule has 2 N–H and O–H groups in total. The summed E-state index contributed by atoms with van der Waals surface area (Å²) in [5.74, 6) is 0.201. The Kier molecular flexibility index (Phi) is 5.44. The number of aliphatic hydroxyl groups excluding tert-OH is 1. The van der Waals surface area contributed by atoms with Gasteiger partial charge in [-0.1, -0.05) is 25.7 Å². The third-order valence-corrected chi connectivity index (χ3v) is 5.04. The van der Waals surface area contributed by atoms with Crippen molar-refractivity contribution >= 4 is 5.91 Å². The van der Waals surface area contributed by atoms with Crippen LogP contribution in [-0.4, -0.2) is 46.7 Å². The normalized spacial score (nSPS) is 22.6. The van der Waals surface area contributed by atoms with Gasteiger partial charge in [0, 0.05) is 17.6 Å². The fraction of sp³-hybridized carbons (Fsp3) is 0.938. The Labute approximate surface area is 122 Å². The Morgan fingerprint density at radius 2 is 1.85 bits per heavy atom. The fourth-order valence-electron chi connectivity index (χ4n) is 3.89. The maximum absolute atomic E-state index is 12.6. The van der Waals surface area contributed by atoms with E-state index < -0.39 is 0 Å². The zero-order chi connectivity index (χ0) is 14.6. The monoisotopic (exact) mass is 282 g/mol. The van der Waals surface area contributed by atoms with Crippen LogP contribution in [0.3, 0.4) is 0 Å². The molecule has 0 aromatic rings. The SMILES string of the molecule is CC(C)N(C(=O)CNC1(CO)CCCC1)C1CCCC1. The largest absolute Gasteiger partial charge is 0.394 e. The van der Waals surface area contributed by atoms with Gasteiger partial charge in [-0.3, -0.25) is 4.79 Å². The summed E-state index contributed by atoms with van der Waals surface area (Å²) >= 11 is 0. The number of carbonyl (C=O) groups excluding carboxylic acids is 1. The van der Waals surface area contributed by atoms with Crippen LogP contribution in [-0.2, 0) is 4.79 Å². The van der Waals surface area contributed by atoms with Crippen molar-refractivity contribution in [2.75, 3.05) is 13.2 Å². The highest BCUT2D eigenvalue weighted by Gasteiger charge is 2.35. The zero-order valence-corrected chi connectivity index (χ0v) is 13.0. The van der Waals surface area contributed by atoms with Crippen molar-refractivity contribution in [1.29, 1.82) is 0 Å². The predicted molar refractivity (Wildman–Crippen MR) is 80.5 cm³/mol. The molecule has 0 bridgehead atoms. The van der Waals surface area contributed by atoms with Crippen LogP contribution in [0.2, 0.25) is 0 Å². The number of nitrogens with one attached hydrogen (secondary N) is 1. The maximum Gasteiger partial charge on any atom is 0.237 e. The van der Waals surface area contributed by atoms with E-state index in [1.807, 2.05) is 0 Å². The molecule has 116 valence electrons. The van der Waals surface area contributed by atoms with Gasteiger partial charge in [-0.15, -0.1) is 0 Å². The summed E-state index contributed by atoms with van der Waals surface area (Å²) in [7, 11) is 0. The lowest BCUT2D eigenvalue weighted by Crippen LogP contribution is -2.53. The standard InChI is InChI=1S/C16H30N2O2/c1-13(2)18(14-7-3-4-8-14)15(20)11-17-16(12-19)9-5-6-10-16/h13-14,17,19H,3-12H2,1-2H3. The van der Waals surface area contributed by atoms with Crippen molar-refractivity contribution in [1.82, 2.24) is 10.2 Å². The van der Waals surface area contributed by atoms with Crippen LogP contribution in [0, 0.1) is 0 Å². The molecule has 1 amide bonds. The second-order valence-corrected chi connectivity index (χ2v) is 6.83. The quantitative estimate of drug-likeness (QED) is 0.784. The lowest BCUT2D eigenvalue weighted by molar-refractivity contribution is -0.134. The van der Waals surface area contributed by atoms with Crippen LogP contribution in [0.15, 0.2) is 0 Å². The van der Waals surface area contributed by atoms with Crippen molar-refractivity contribution < 1.29 is 9.90 Å². The summed E-state index contributed by atoms with van der Waals surface area (Å²) in [5, 5.41) is 13.0. The molecule has 2 fully saturated rings. The number of hydrogen-bond donors (Lipinski definition) is 2.